The number of anilines is 3. The van der Waals surface area contributed by atoms with E-state index in [2.05, 4.69) is 27.5 Å². The zero-order valence-electron chi connectivity index (χ0n) is 15.8. The molecule has 140 valence electrons. The Balaban J connectivity index is 1.94. The summed E-state index contributed by atoms with van der Waals surface area (Å²) in [6.45, 7) is 2.97. The highest BCUT2D eigenvalue weighted by atomic mass is 16.5. The van der Waals surface area contributed by atoms with E-state index in [0.29, 0.717) is 23.1 Å². The van der Waals surface area contributed by atoms with E-state index in [1.54, 1.807) is 14.2 Å². The smallest absolute Gasteiger partial charge is 0.163 e. The SMILES string of the molecule is CCCNc1cc(Nc2ccc(OC)c(OC)c2)nc(-c2ccccc2)n1. The number of nitrogens with one attached hydrogen (secondary N) is 2. The van der Waals surface area contributed by atoms with Gasteiger partial charge in [-0.25, -0.2) is 9.97 Å². The minimum absolute atomic E-state index is 0.657. The highest BCUT2D eigenvalue weighted by Gasteiger charge is 2.09. The van der Waals surface area contributed by atoms with Crippen LogP contribution in [0.15, 0.2) is 54.6 Å². The molecule has 3 aromatic rings. The van der Waals surface area contributed by atoms with Crippen LogP contribution in [-0.4, -0.2) is 30.7 Å². The summed E-state index contributed by atoms with van der Waals surface area (Å²) in [5.41, 5.74) is 1.82. The fourth-order valence-corrected chi connectivity index (χ4v) is 2.63. The minimum Gasteiger partial charge on any atom is -0.493 e. The second-order valence-electron chi connectivity index (χ2n) is 5.95. The minimum atomic E-state index is 0.657. The Bertz CT molecular complexity index is 885. The molecule has 0 atom stereocenters. The Kier molecular flexibility index (Phi) is 6.10. The van der Waals surface area contributed by atoms with Crippen LogP contribution >= 0.6 is 0 Å². The van der Waals surface area contributed by atoms with Crippen molar-refractivity contribution < 1.29 is 9.47 Å². The number of nitrogens with zero attached hydrogens (tertiary/aromatic N) is 2. The van der Waals surface area contributed by atoms with Crippen LogP contribution in [0.5, 0.6) is 11.5 Å². The highest BCUT2D eigenvalue weighted by molar-refractivity contribution is 5.66. The molecule has 0 aliphatic carbocycles. The third kappa shape index (κ3) is 4.67. The van der Waals surface area contributed by atoms with E-state index in [9.17, 15) is 0 Å². The normalized spacial score (nSPS) is 10.3. The van der Waals surface area contributed by atoms with Gasteiger partial charge < -0.3 is 20.1 Å². The topological polar surface area (TPSA) is 68.3 Å². The van der Waals surface area contributed by atoms with Crippen LogP contribution in [0, 0.1) is 0 Å². The largest absolute Gasteiger partial charge is 0.493 e. The predicted octanol–water partition coefficient (Wildman–Crippen LogP) is 4.73. The summed E-state index contributed by atoms with van der Waals surface area (Å²) in [5, 5.41) is 6.67. The molecular formula is C21H24N4O2. The summed E-state index contributed by atoms with van der Waals surface area (Å²) < 4.78 is 10.7. The summed E-state index contributed by atoms with van der Waals surface area (Å²) in [6.07, 6.45) is 1.02. The number of aromatic nitrogens is 2. The maximum Gasteiger partial charge on any atom is 0.163 e. The van der Waals surface area contributed by atoms with Crippen molar-refractivity contribution in [2.75, 3.05) is 31.4 Å². The average Bonchev–Trinajstić information content (AvgIpc) is 2.72. The molecular weight excluding hydrogens is 340 g/mol. The number of hydrogen-bond acceptors (Lipinski definition) is 6. The van der Waals surface area contributed by atoms with E-state index in [0.717, 1.165) is 30.0 Å². The first kappa shape index (κ1) is 18.5. The van der Waals surface area contributed by atoms with E-state index in [1.807, 2.05) is 54.6 Å². The predicted molar refractivity (Wildman–Crippen MR) is 109 cm³/mol. The van der Waals surface area contributed by atoms with Crippen molar-refractivity contribution in [2.45, 2.75) is 13.3 Å². The number of methoxy groups -OCH3 is 2. The summed E-state index contributed by atoms with van der Waals surface area (Å²) in [6, 6.07) is 17.5. The van der Waals surface area contributed by atoms with Crippen molar-refractivity contribution in [2.24, 2.45) is 0 Å². The van der Waals surface area contributed by atoms with Crippen LogP contribution in [-0.2, 0) is 0 Å². The van der Waals surface area contributed by atoms with Gasteiger partial charge >= 0.3 is 0 Å². The fourth-order valence-electron chi connectivity index (χ4n) is 2.63. The van der Waals surface area contributed by atoms with Crippen molar-refractivity contribution in [1.82, 2.24) is 9.97 Å². The number of hydrogen-bond donors (Lipinski definition) is 2. The summed E-state index contributed by atoms with van der Waals surface area (Å²) in [4.78, 5) is 9.31. The Morgan fingerprint density at radius 3 is 2.30 bits per heavy atom. The third-order valence-electron chi connectivity index (χ3n) is 3.97. The number of benzene rings is 2. The molecule has 0 bridgehead atoms. The van der Waals surface area contributed by atoms with Crippen LogP contribution < -0.4 is 20.1 Å². The summed E-state index contributed by atoms with van der Waals surface area (Å²) >= 11 is 0. The van der Waals surface area contributed by atoms with E-state index in [-0.39, 0.29) is 0 Å². The van der Waals surface area contributed by atoms with E-state index >= 15 is 0 Å². The van der Waals surface area contributed by atoms with Gasteiger partial charge in [0, 0.05) is 29.9 Å². The molecule has 0 unspecified atom stereocenters. The molecule has 0 saturated heterocycles. The second-order valence-corrected chi connectivity index (χ2v) is 5.95. The molecule has 0 radical (unpaired) electrons. The lowest BCUT2D eigenvalue weighted by Gasteiger charge is -2.13. The van der Waals surface area contributed by atoms with Crippen molar-refractivity contribution in [3.63, 3.8) is 0 Å². The lowest BCUT2D eigenvalue weighted by atomic mass is 10.2. The molecule has 3 rings (SSSR count). The molecule has 27 heavy (non-hydrogen) atoms. The van der Waals surface area contributed by atoms with E-state index < -0.39 is 0 Å². The molecule has 2 N–H and O–H groups in total. The number of rotatable bonds is 8. The fraction of sp³-hybridized carbons (Fsp3) is 0.238. The molecule has 0 aliphatic rings. The van der Waals surface area contributed by atoms with Gasteiger partial charge in [0.15, 0.2) is 17.3 Å². The van der Waals surface area contributed by atoms with Gasteiger partial charge in [0.05, 0.1) is 14.2 Å². The van der Waals surface area contributed by atoms with Crippen LogP contribution in [0.25, 0.3) is 11.4 Å². The van der Waals surface area contributed by atoms with Gasteiger partial charge in [-0.3, -0.25) is 0 Å². The van der Waals surface area contributed by atoms with Crippen molar-refractivity contribution in [3.8, 4) is 22.9 Å². The average molecular weight is 364 g/mol. The van der Waals surface area contributed by atoms with Gasteiger partial charge in [0.25, 0.3) is 0 Å². The maximum atomic E-state index is 5.37. The van der Waals surface area contributed by atoms with Crippen molar-refractivity contribution >= 4 is 17.3 Å². The van der Waals surface area contributed by atoms with E-state index in [4.69, 9.17) is 9.47 Å². The molecule has 0 aliphatic heterocycles. The molecule has 1 heterocycles. The Hall–Kier alpha value is -3.28. The lowest BCUT2D eigenvalue weighted by Crippen LogP contribution is -2.05. The Labute approximate surface area is 159 Å². The zero-order valence-corrected chi connectivity index (χ0v) is 15.8. The van der Waals surface area contributed by atoms with Crippen molar-refractivity contribution in [1.29, 1.82) is 0 Å². The van der Waals surface area contributed by atoms with Gasteiger partial charge in [-0.2, -0.15) is 0 Å². The first-order chi connectivity index (χ1) is 13.2. The van der Waals surface area contributed by atoms with Crippen LogP contribution in [0.1, 0.15) is 13.3 Å². The first-order valence-electron chi connectivity index (χ1n) is 8.91. The molecule has 0 saturated carbocycles. The molecule has 0 fully saturated rings. The monoisotopic (exact) mass is 364 g/mol. The van der Waals surface area contributed by atoms with E-state index in [1.165, 1.54) is 0 Å². The second kappa shape index (κ2) is 8.89. The zero-order chi connectivity index (χ0) is 19.1. The Morgan fingerprint density at radius 1 is 0.852 bits per heavy atom. The van der Waals surface area contributed by atoms with Crippen LogP contribution in [0.2, 0.25) is 0 Å². The standard InChI is InChI=1S/C21H24N4O2/c1-4-12-22-19-14-20(25-21(24-19)15-8-6-5-7-9-15)23-16-10-11-17(26-2)18(13-16)27-3/h5-11,13-14H,4,12H2,1-3H3,(H2,22,23,24,25). The van der Waals surface area contributed by atoms with Gasteiger partial charge in [0.2, 0.25) is 0 Å². The first-order valence-corrected chi connectivity index (χ1v) is 8.91. The maximum absolute atomic E-state index is 5.37. The molecule has 0 spiro atoms. The van der Waals surface area contributed by atoms with Gasteiger partial charge in [-0.15, -0.1) is 0 Å². The summed E-state index contributed by atoms with van der Waals surface area (Å²) in [7, 11) is 3.24. The molecule has 0 amide bonds. The van der Waals surface area contributed by atoms with Crippen LogP contribution in [0.4, 0.5) is 17.3 Å². The van der Waals surface area contributed by atoms with Gasteiger partial charge in [-0.1, -0.05) is 37.3 Å². The molecule has 6 nitrogen and oxygen atoms in total. The van der Waals surface area contributed by atoms with Crippen molar-refractivity contribution in [3.05, 3.63) is 54.6 Å². The molecule has 1 aromatic heterocycles. The summed E-state index contributed by atoms with van der Waals surface area (Å²) in [5.74, 6) is 3.49. The number of ether oxygens (including phenoxy) is 2. The van der Waals surface area contributed by atoms with Gasteiger partial charge in [-0.05, 0) is 18.6 Å². The molecule has 2 aromatic carbocycles. The molecule has 6 heteroatoms. The highest BCUT2D eigenvalue weighted by Crippen LogP contribution is 2.31. The van der Waals surface area contributed by atoms with Crippen LogP contribution in [0.3, 0.4) is 0 Å². The Morgan fingerprint density at radius 2 is 1.59 bits per heavy atom. The quantitative estimate of drug-likeness (QED) is 0.602. The van der Waals surface area contributed by atoms with Gasteiger partial charge in [0.1, 0.15) is 11.6 Å². The lowest BCUT2D eigenvalue weighted by molar-refractivity contribution is 0.355. The third-order valence-corrected chi connectivity index (χ3v) is 3.97.